The van der Waals surface area contributed by atoms with Crippen molar-refractivity contribution in [1.82, 2.24) is 20.3 Å². The number of fused-ring (bicyclic) bond motifs is 1. The van der Waals surface area contributed by atoms with Crippen molar-refractivity contribution in [2.45, 2.75) is 38.9 Å². The van der Waals surface area contributed by atoms with Crippen LogP contribution in [0.1, 0.15) is 26.7 Å². The predicted molar refractivity (Wildman–Crippen MR) is 113 cm³/mol. The van der Waals surface area contributed by atoms with Crippen LogP contribution >= 0.6 is 11.6 Å². The van der Waals surface area contributed by atoms with Gasteiger partial charge in [0.05, 0.1) is 25.7 Å². The molecule has 1 N–H and O–H groups in total. The van der Waals surface area contributed by atoms with E-state index < -0.39 is 12.0 Å². The van der Waals surface area contributed by atoms with E-state index in [1.807, 2.05) is 4.90 Å². The van der Waals surface area contributed by atoms with Crippen molar-refractivity contribution in [3.63, 3.8) is 0 Å². The summed E-state index contributed by atoms with van der Waals surface area (Å²) in [5, 5.41) is 3.38. The van der Waals surface area contributed by atoms with E-state index >= 15 is 0 Å². The van der Waals surface area contributed by atoms with E-state index in [-0.39, 0.29) is 16.7 Å². The molecule has 7 nitrogen and oxygen atoms in total. The van der Waals surface area contributed by atoms with E-state index in [2.05, 4.69) is 34.1 Å². The number of ether oxygens (including phenoxy) is 2. The molecular formula is C20H28ClF2N5O2. The van der Waals surface area contributed by atoms with Gasteiger partial charge in [0.25, 0.3) is 0 Å². The van der Waals surface area contributed by atoms with Gasteiger partial charge in [0.1, 0.15) is 17.5 Å². The number of alkyl halides is 1. The lowest BCUT2D eigenvalue weighted by atomic mass is 10.2. The molecule has 30 heavy (non-hydrogen) atoms. The minimum Gasteiger partial charge on any atom is -0.467 e. The summed E-state index contributed by atoms with van der Waals surface area (Å²) in [5.41, 5.74) is 0.111. The minimum atomic E-state index is -0.666. The SMILES string of the molecule is CCC1CC(F)CN1.COc1nc(N2CCOCC(C)C2)c2cnc(Cl)c(F)c2n1. The maximum atomic E-state index is 14.2. The summed E-state index contributed by atoms with van der Waals surface area (Å²) in [6, 6.07) is 0.548. The number of aromatic nitrogens is 3. The average molecular weight is 444 g/mol. The molecule has 0 spiro atoms. The van der Waals surface area contributed by atoms with Gasteiger partial charge in [-0.2, -0.15) is 9.97 Å². The molecule has 2 fully saturated rings. The quantitative estimate of drug-likeness (QED) is 0.729. The van der Waals surface area contributed by atoms with Crippen LogP contribution in [0.25, 0.3) is 10.9 Å². The van der Waals surface area contributed by atoms with Crippen molar-refractivity contribution < 1.29 is 18.3 Å². The number of rotatable bonds is 3. The topological polar surface area (TPSA) is 72.4 Å². The Balaban J connectivity index is 0.000000269. The third-order valence-electron chi connectivity index (χ3n) is 5.18. The summed E-state index contributed by atoms with van der Waals surface area (Å²) < 4.78 is 37.2. The Hall–Kier alpha value is -1.84. The van der Waals surface area contributed by atoms with Gasteiger partial charge >= 0.3 is 6.01 Å². The fourth-order valence-electron chi connectivity index (χ4n) is 3.58. The zero-order valence-electron chi connectivity index (χ0n) is 17.5. The Morgan fingerprint density at radius 2 is 2.20 bits per heavy atom. The standard InChI is InChI=1S/C14H16ClFN4O2.C6H12FN/c1-8-6-20(3-4-22-7-8)13-9-5-17-12(15)10(16)11(9)18-14(19-13)21-2;1-2-6-3-5(7)4-8-6/h5,8H,3-4,6-7H2,1-2H3;5-6,8H,2-4H2,1H3. The lowest BCUT2D eigenvalue weighted by Gasteiger charge is -2.24. The van der Waals surface area contributed by atoms with Crippen LogP contribution in [0, 0.1) is 11.7 Å². The molecule has 2 aromatic heterocycles. The first kappa shape index (κ1) is 22.8. The fraction of sp³-hybridized carbons (Fsp3) is 0.650. The molecule has 2 aromatic rings. The van der Waals surface area contributed by atoms with Gasteiger partial charge in [-0.05, 0) is 18.8 Å². The molecule has 0 radical (unpaired) electrons. The normalized spacial score (nSPS) is 24.3. The van der Waals surface area contributed by atoms with Gasteiger partial charge in [0.2, 0.25) is 0 Å². The van der Waals surface area contributed by atoms with Crippen LogP contribution in [0.3, 0.4) is 0 Å². The van der Waals surface area contributed by atoms with Gasteiger partial charge in [0.15, 0.2) is 11.0 Å². The van der Waals surface area contributed by atoms with Gasteiger partial charge < -0.3 is 19.7 Å². The highest BCUT2D eigenvalue weighted by Gasteiger charge is 2.23. The number of nitrogens with zero attached hydrogens (tertiary/aromatic N) is 4. The number of halogens is 3. The summed E-state index contributed by atoms with van der Waals surface area (Å²) in [5.74, 6) is 0.256. The van der Waals surface area contributed by atoms with Gasteiger partial charge in [-0.1, -0.05) is 25.4 Å². The number of anilines is 1. The van der Waals surface area contributed by atoms with Crippen molar-refractivity contribution >= 4 is 28.3 Å². The van der Waals surface area contributed by atoms with E-state index in [4.69, 9.17) is 21.1 Å². The van der Waals surface area contributed by atoms with Gasteiger partial charge in [0, 0.05) is 31.9 Å². The van der Waals surface area contributed by atoms with Gasteiger partial charge in [-0.3, -0.25) is 0 Å². The van der Waals surface area contributed by atoms with Crippen LogP contribution in [-0.2, 0) is 4.74 Å². The van der Waals surface area contributed by atoms with Crippen LogP contribution in [0.2, 0.25) is 5.15 Å². The van der Waals surface area contributed by atoms with E-state index in [9.17, 15) is 8.78 Å². The number of hydrogen-bond acceptors (Lipinski definition) is 7. The van der Waals surface area contributed by atoms with Gasteiger partial charge in [-0.25, -0.2) is 13.8 Å². The molecule has 4 rings (SSSR count). The van der Waals surface area contributed by atoms with Crippen molar-refractivity contribution in [3.8, 4) is 6.01 Å². The molecular weight excluding hydrogens is 416 g/mol. The summed E-state index contributed by atoms with van der Waals surface area (Å²) in [4.78, 5) is 14.4. The Labute approximate surface area is 180 Å². The first-order valence-corrected chi connectivity index (χ1v) is 10.6. The zero-order valence-corrected chi connectivity index (χ0v) is 18.3. The predicted octanol–water partition coefficient (Wildman–Crippen LogP) is 3.40. The summed E-state index contributed by atoms with van der Waals surface area (Å²) >= 11 is 5.75. The highest BCUT2D eigenvalue weighted by molar-refractivity contribution is 6.30. The van der Waals surface area contributed by atoms with E-state index in [0.717, 1.165) is 19.4 Å². The molecule has 3 unspecified atom stereocenters. The lowest BCUT2D eigenvalue weighted by molar-refractivity contribution is 0.129. The first-order chi connectivity index (χ1) is 14.4. The third-order valence-corrected chi connectivity index (χ3v) is 5.45. The minimum absolute atomic E-state index is 0.0986. The Kier molecular flexibility index (Phi) is 7.96. The summed E-state index contributed by atoms with van der Waals surface area (Å²) in [6.45, 7) is 7.42. The molecule has 0 aliphatic carbocycles. The van der Waals surface area contributed by atoms with Gasteiger partial charge in [-0.15, -0.1) is 0 Å². The largest absolute Gasteiger partial charge is 0.467 e. The molecule has 166 valence electrons. The molecule has 0 bridgehead atoms. The highest BCUT2D eigenvalue weighted by atomic mass is 35.5. The summed E-state index contributed by atoms with van der Waals surface area (Å²) in [6.07, 6.45) is 2.68. The Morgan fingerprint density at radius 1 is 1.40 bits per heavy atom. The number of pyridine rings is 1. The summed E-state index contributed by atoms with van der Waals surface area (Å²) in [7, 11) is 1.44. The Bertz CT molecular complexity index is 860. The van der Waals surface area contributed by atoms with Crippen molar-refractivity contribution in [1.29, 1.82) is 0 Å². The second-order valence-electron chi connectivity index (χ2n) is 7.63. The second kappa shape index (κ2) is 10.5. The van der Waals surface area contributed by atoms with Crippen molar-refractivity contribution in [2.75, 3.05) is 44.9 Å². The fourth-order valence-corrected chi connectivity index (χ4v) is 3.72. The third kappa shape index (κ3) is 5.44. The lowest BCUT2D eigenvalue weighted by Crippen LogP contribution is -2.30. The average Bonchev–Trinajstić information content (AvgIpc) is 3.06. The van der Waals surface area contributed by atoms with Crippen LogP contribution < -0.4 is 15.0 Å². The second-order valence-corrected chi connectivity index (χ2v) is 7.99. The number of hydrogen-bond donors (Lipinski definition) is 1. The van der Waals surface area contributed by atoms with Crippen molar-refractivity contribution in [3.05, 3.63) is 17.2 Å². The highest BCUT2D eigenvalue weighted by Crippen LogP contribution is 2.30. The molecule has 0 amide bonds. The number of nitrogens with one attached hydrogen (secondary N) is 1. The molecule has 3 atom stereocenters. The van der Waals surface area contributed by atoms with Crippen LogP contribution in [0.15, 0.2) is 6.20 Å². The van der Waals surface area contributed by atoms with E-state index in [1.54, 1.807) is 0 Å². The monoisotopic (exact) mass is 443 g/mol. The molecule has 10 heteroatoms. The van der Waals surface area contributed by atoms with Crippen molar-refractivity contribution in [2.24, 2.45) is 5.92 Å². The van der Waals surface area contributed by atoms with Crippen LogP contribution in [0.5, 0.6) is 6.01 Å². The molecule has 0 saturated carbocycles. The zero-order chi connectivity index (χ0) is 21.7. The van der Waals surface area contributed by atoms with E-state index in [1.165, 1.54) is 13.3 Å². The van der Waals surface area contributed by atoms with E-state index in [0.29, 0.717) is 49.5 Å². The molecule has 2 aliphatic heterocycles. The smallest absolute Gasteiger partial charge is 0.318 e. The molecule has 2 aliphatic rings. The molecule has 4 heterocycles. The molecule has 2 saturated heterocycles. The van der Waals surface area contributed by atoms with Crippen LogP contribution in [0.4, 0.5) is 14.6 Å². The number of methoxy groups -OCH3 is 1. The maximum Gasteiger partial charge on any atom is 0.318 e. The Morgan fingerprint density at radius 3 is 2.83 bits per heavy atom. The molecule has 0 aromatic carbocycles. The first-order valence-electron chi connectivity index (χ1n) is 10.2. The van der Waals surface area contributed by atoms with Crippen LogP contribution in [-0.4, -0.2) is 67.1 Å². The maximum absolute atomic E-state index is 14.2.